The van der Waals surface area contributed by atoms with Gasteiger partial charge in [-0.3, -0.25) is 4.79 Å². The van der Waals surface area contributed by atoms with E-state index in [-0.39, 0.29) is 18.7 Å². The molecule has 1 atom stereocenters. The number of carbonyl (C=O) groups excluding carboxylic acids is 1. The number of hydrogen-bond donors (Lipinski definition) is 0. The van der Waals surface area contributed by atoms with Crippen molar-refractivity contribution >= 4 is 5.91 Å². The molecule has 0 aliphatic carbocycles. The van der Waals surface area contributed by atoms with Crippen molar-refractivity contribution in [3.63, 3.8) is 0 Å². The highest BCUT2D eigenvalue weighted by Gasteiger charge is 2.23. The Labute approximate surface area is 165 Å². The monoisotopic (exact) mass is 373 g/mol. The van der Waals surface area contributed by atoms with Crippen LogP contribution in [-0.2, 0) is 17.8 Å². The molecule has 0 N–H and O–H groups in total. The molecule has 4 heteroatoms. The van der Waals surface area contributed by atoms with E-state index in [2.05, 4.69) is 19.1 Å². The molecule has 1 amide bonds. The Bertz CT molecular complexity index is 941. The molecule has 0 saturated carbocycles. The minimum Gasteiger partial charge on any atom is -0.454 e. The van der Waals surface area contributed by atoms with Gasteiger partial charge in [-0.1, -0.05) is 66.7 Å². The summed E-state index contributed by atoms with van der Waals surface area (Å²) in [6.07, 6.45) is 0.378. The van der Waals surface area contributed by atoms with Gasteiger partial charge in [0.15, 0.2) is 11.5 Å². The molecule has 4 nitrogen and oxygen atoms in total. The predicted octanol–water partition coefficient (Wildman–Crippen LogP) is 4.75. The number of rotatable bonds is 6. The minimum absolute atomic E-state index is 0.0390. The number of fused-ring (bicyclic) bond motifs is 1. The van der Waals surface area contributed by atoms with Crippen molar-refractivity contribution in [3.05, 3.63) is 95.6 Å². The lowest BCUT2D eigenvalue weighted by Crippen LogP contribution is -2.34. The van der Waals surface area contributed by atoms with Crippen molar-refractivity contribution < 1.29 is 14.3 Å². The van der Waals surface area contributed by atoms with Gasteiger partial charge in [-0.15, -0.1) is 0 Å². The van der Waals surface area contributed by atoms with Crippen LogP contribution >= 0.6 is 0 Å². The molecule has 0 fully saturated rings. The number of carbonyl (C=O) groups is 1. The molecule has 1 aliphatic rings. The summed E-state index contributed by atoms with van der Waals surface area (Å²) in [5.41, 5.74) is 3.15. The Hall–Kier alpha value is -3.27. The summed E-state index contributed by atoms with van der Waals surface area (Å²) < 4.78 is 10.9. The van der Waals surface area contributed by atoms with Crippen molar-refractivity contribution in [2.24, 2.45) is 0 Å². The molecule has 0 saturated heterocycles. The van der Waals surface area contributed by atoms with E-state index in [1.54, 1.807) is 0 Å². The Morgan fingerprint density at radius 1 is 0.893 bits per heavy atom. The zero-order valence-corrected chi connectivity index (χ0v) is 15.9. The lowest BCUT2D eigenvalue weighted by Gasteiger charge is -2.30. The highest BCUT2D eigenvalue weighted by atomic mass is 16.7. The summed E-state index contributed by atoms with van der Waals surface area (Å²) >= 11 is 0. The fourth-order valence-corrected chi connectivity index (χ4v) is 3.46. The van der Waals surface area contributed by atoms with E-state index >= 15 is 0 Å². The normalized spacial score (nSPS) is 13.2. The van der Waals surface area contributed by atoms with Gasteiger partial charge < -0.3 is 14.4 Å². The average Bonchev–Trinajstić information content (AvgIpc) is 3.21. The van der Waals surface area contributed by atoms with E-state index in [0.29, 0.717) is 13.0 Å². The van der Waals surface area contributed by atoms with E-state index < -0.39 is 0 Å². The van der Waals surface area contributed by atoms with Gasteiger partial charge in [-0.05, 0) is 35.7 Å². The van der Waals surface area contributed by atoms with E-state index in [1.807, 2.05) is 71.6 Å². The van der Waals surface area contributed by atoms with Crippen molar-refractivity contribution in [1.82, 2.24) is 4.90 Å². The summed E-state index contributed by atoms with van der Waals surface area (Å²) in [5.74, 6) is 1.59. The molecule has 3 aromatic rings. The van der Waals surface area contributed by atoms with Crippen LogP contribution in [0.5, 0.6) is 11.5 Å². The van der Waals surface area contributed by atoms with Crippen LogP contribution < -0.4 is 9.47 Å². The van der Waals surface area contributed by atoms with E-state index in [9.17, 15) is 4.79 Å². The van der Waals surface area contributed by atoms with Crippen LogP contribution in [0.3, 0.4) is 0 Å². The first-order valence-electron chi connectivity index (χ1n) is 9.47. The third kappa shape index (κ3) is 4.01. The van der Waals surface area contributed by atoms with Crippen LogP contribution in [0.4, 0.5) is 0 Å². The van der Waals surface area contributed by atoms with Crippen LogP contribution in [-0.4, -0.2) is 17.6 Å². The van der Waals surface area contributed by atoms with Gasteiger partial charge in [0.25, 0.3) is 0 Å². The third-order valence-corrected chi connectivity index (χ3v) is 5.06. The van der Waals surface area contributed by atoms with Gasteiger partial charge in [0.1, 0.15) is 0 Å². The summed E-state index contributed by atoms with van der Waals surface area (Å²) in [6, 6.07) is 25.8. The van der Waals surface area contributed by atoms with Gasteiger partial charge >= 0.3 is 0 Å². The molecule has 28 heavy (non-hydrogen) atoms. The molecule has 0 aromatic heterocycles. The first kappa shape index (κ1) is 18.1. The standard InChI is InChI=1S/C24H23NO3/c1-18(21-10-6-3-7-11-21)25(24(26)15-19-8-4-2-5-9-19)16-20-12-13-22-23(14-20)28-17-27-22/h2-14,18H,15-17H2,1H3. The Kier molecular flexibility index (Phi) is 5.29. The molecule has 1 aliphatic heterocycles. The minimum atomic E-state index is -0.0390. The largest absolute Gasteiger partial charge is 0.454 e. The zero-order valence-electron chi connectivity index (χ0n) is 15.9. The Morgan fingerprint density at radius 2 is 1.57 bits per heavy atom. The molecular formula is C24H23NO3. The number of amides is 1. The summed E-state index contributed by atoms with van der Waals surface area (Å²) in [7, 11) is 0. The first-order valence-corrected chi connectivity index (χ1v) is 9.47. The lowest BCUT2D eigenvalue weighted by atomic mass is 10.0. The van der Waals surface area contributed by atoms with E-state index in [0.717, 1.165) is 28.2 Å². The van der Waals surface area contributed by atoms with E-state index in [1.165, 1.54) is 0 Å². The number of nitrogens with zero attached hydrogens (tertiary/aromatic N) is 1. The lowest BCUT2D eigenvalue weighted by molar-refractivity contribution is -0.133. The second-order valence-corrected chi connectivity index (χ2v) is 6.96. The number of benzene rings is 3. The summed E-state index contributed by atoms with van der Waals surface area (Å²) in [6.45, 7) is 2.83. The summed E-state index contributed by atoms with van der Waals surface area (Å²) in [4.78, 5) is 15.2. The molecule has 142 valence electrons. The average molecular weight is 373 g/mol. The molecule has 1 heterocycles. The third-order valence-electron chi connectivity index (χ3n) is 5.06. The zero-order chi connectivity index (χ0) is 19.3. The molecule has 1 unspecified atom stereocenters. The van der Waals surface area contributed by atoms with Crippen molar-refractivity contribution in [3.8, 4) is 11.5 Å². The van der Waals surface area contributed by atoms with Gasteiger partial charge in [-0.2, -0.15) is 0 Å². The Morgan fingerprint density at radius 3 is 2.32 bits per heavy atom. The molecule has 3 aromatic carbocycles. The van der Waals surface area contributed by atoms with E-state index in [4.69, 9.17) is 9.47 Å². The number of ether oxygens (including phenoxy) is 2. The van der Waals surface area contributed by atoms with Crippen LogP contribution in [0.2, 0.25) is 0 Å². The van der Waals surface area contributed by atoms with Gasteiger partial charge in [-0.25, -0.2) is 0 Å². The SMILES string of the molecule is CC(c1ccccc1)N(Cc1ccc2c(c1)OCO2)C(=O)Cc1ccccc1. The number of hydrogen-bond acceptors (Lipinski definition) is 3. The quantitative estimate of drug-likeness (QED) is 0.626. The topological polar surface area (TPSA) is 38.8 Å². The smallest absolute Gasteiger partial charge is 0.231 e. The van der Waals surface area contributed by atoms with Crippen LogP contribution in [0, 0.1) is 0 Å². The molecule has 4 rings (SSSR count). The van der Waals surface area contributed by atoms with Crippen LogP contribution in [0.25, 0.3) is 0 Å². The van der Waals surface area contributed by atoms with Gasteiger partial charge in [0.05, 0.1) is 12.5 Å². The van der Waals surface area contributed by atoms with Crippen LogP contribution in [0.15, 0.2) is 78.9 Å². The highest BCUT2D eigenvalue weighted by molar-refractivity contribution is 5.79. The molecule has 0 radical (unpaired) electrons. The molecular weight excluding hydrogens is 350 g/mol. The summed E-state index contributed by atoms with van der Waals surface area (Å²) in [5, 5.41) is 0. The molecule has 0 spiro atoms. The van der Waals surface area contributed by atoms with Crippen LogP contribution in [0.1, 0.15) is 29.7 Å². The van der Waals surface area contributed by atoms with Crippen molar-refractivity contribution in [2.75, 3.05) is 6.79 Å². The fraction of sp³-hybridized carbons (Fsp3) is 0.208. The fourth-order valence-electron chi connectivity index (χ4n) is 3.46. The second kappa shape index (κ2) is 8.17. The first-order chi connectivity index (χ1) is 13.7. The maximum atomic E-state index is 13.2. The molecule has 0 bridgehead atoms. The van der Waals surface area contributed by atoms with Crippen molar-refractivity contribution in [1.29, 1.82) is 0 Å². The van der Waals surface area contributed by atoms with Gasteiger partial charge in [0, 0.05) is 6.54 Å². The van der Waals surface area contributed by atoms with Gasteiger partial charge in [0.2, 0.25) is 12.7 Å². The van der Waals surface area contributed by atoms with Crippen molar-refractivity contribution in [2.45, 2.75) is 25.9 Å². The second-order valence-electron chi connectivity index (χ2n) is 6.96. The maximum Gasteiger partial charge on any atom is 0.231 e. The predicted molar refractivity (Wildman–Crippen MR) is 108 cm³/mol. The maximum absolute atomic E-state index is 13.2. The Balaban J connectivity index is 1.60. The highest BCUT2D eigenvalue weighted by Crippen LogP contribution is 2.33.